The molecule has 3 heterocycles. The summed E-state index contributed by atoms with van der Waals surface area (Å²) in [6.45, 7) is 4.74. The molecule has 2 aliphatic heterocycles. The van der Waals surface area contributed by atoms with Gasteiger partial charge in [-0.15, -0.1) is 0 Å². The van der Waals surface area contributed by atoms with E-state index in [4.69, 9.17) is 4.74 Å². The lowest BCUT2D eigenvalue weighted by atomic mass is 9.95. The van der Waals surface area contributed by atoms with Gasteiger partial charge in [0.25, 0.3) is 0 Å². The number of sulfonamides is 1. The smallest absolute Gasteiger partial charge is 0.246 e. The van der Waals surface area contributed by atoms with E-state index in [2.05, 4.69) is 17.2 Å². The van der Waals surface area contributed by atoms with Crippen molar-refractivity contribution in [3.05, 3.63) is 48.2 Å². The summed E-state index contributed by atoms with van der Waals surface area (Å²) in [4.78, 5) is 19.3. The van der Waals surface area contributed by atoms with Gasteiger partial charge in [0.1, 0.15) is 10.7 Å². The van der Waals surface area contributed by atoms with Gasteiger partial charge in [-0.3, -0.25) is 4.79 Å². The Bertz CT molecular complexity index is 1030. The van der Waals surface area contributed by atoms with Crippen molar-refractivity contribution < 1.29 is 17.9 Å². The van der Waals surface area contributed by atoms with E-state index in [1.807, 2.05) is 29.2 Å². The van der Waals surface area contributed by atoms with Gasteiger partial charge in [-0.2, -0.15) is 4.31 Å². The van der Waals surface area contributed by atoms with Gasteiger partial charge >= 0.3 is 0 Å². The molecular formula is C23H30N4O4S. The first kappa shape index (κ1) is 22.7. The third-order valence-corrected chi connectivity index (χ3v) is 8.05. The highest BCUT2D eigenvalue weighted by Crippen LogP contribution is 2.30. The first-order valence-electron chi connectivity index (χ1n) is 11.2. The Morgan fingerprint density at radius 1 is 1.09 bits per heavy atom. The maximum Gasteiger partial charge on any atom is 0.246 e. The zero-order chi connectivity index (χ0) is 22.6. The number of amides is 1. The SMILES string of the molecule is CCc1ccc(NC(=O)C2CCN(c3ncccc3S(=O)(=O)N3CCOCC3)CC2)cc1. The van der Waals surface area contributed by atoms with Crippen LogP contribution in [0.25, 0.3) is 0 Å². The Labute approximate surface area is 189 Å². The van der Waals surface area contributed by atoms with E-state index in [9.17, 15) is 13.2 Å². The minimum Gasteiger partial charge on any atom is -0.379 e. The minimum absolute atomic E-state index is 0.0103. The van der Waals surface area contributed by atoms with Gasteiger partial charge in [-0.25, -0.2) is 13.4 Å². The fourth-order valence-corrected chi connectivity index (χ4v) is 5.74. The van der Waals surface area contributed by atoms with E-state index < -0.39 is 10.0 Å². The molecule has 8 nitrogen and oxygen atoms in total. The van der Waals surface area contributed by atoms with Gasteiger partial charge in [0, 0.05) is 44.0 Å². The number of hydrogen-bond acceptors (Lipinski definition) is 6. The Hall–Kier alpha value is -2.49. The van der Waals surface area contributed by atoms with Crippen LogP contribution in [0.4, 0.5) is 11.5 Å². The first-order valence-corrected chi connectivity index (χ1v) is 12.6. The summed E-state index contributed by atoms with van der Waals surface area (Å²) in [5, 5.41) is 3.01. The summed E-state index contributed by atoms with van der Waals surface area (Å²) < 4.78 is 33.2. The third kappa shape index (κ3) is 4.95. The molecule has 4 rings (SSSR count). The number of aryl methyl sites for hydroxylation is 1. The number of hydrogen-bond donors (Lipinski definition) is 1. The number of anilines is 2. The van der Waals surface area contributed by atoms with E-state index in [1.54, 1.807) is 18.3 Å². The fraction of sp³-hybridized carbons (Fsp3) is 0.478. The average molecular weight is 459 g/mol. The molecule has 0 atom stereocenters. The van der Waals surface area contributed by atoms with Crippen molar-refractivity contribution >= 4 is 27.4 Å². The number of ether oxygens (including phenoxy) is 1. The van der Waals surface area contributed by atoms with Crippen LogP contribution in [0.3, 0.4) is 0 Å². The normalized spacial score (nSPS) is 18.5. The maximum atomic E-state index is 13.2. The van der Waals surface area contributed by atoms with Crippen LogP contribution >= 0.6 is 0 Å². The number of carbonyl (C=O) groups is 1. The summed E-state index contributed by atoms with van der Waals surface area (Å²) in [7, 11) is -3.65. The van der Waals surface area contributed by atoms with E-state index in [0.29, 0.717) is 58.1 Å². The highest BCUT2D eigenvalue weighted by molar-refractivity contribution is 7.89. The van der Waals surface area contributed by atoms with Crippen LogP contribution in [0.5, 0.6) is 0 Å². The molecule has 0 aliphatic carbocycles. The topological polar surface area (TPSA) is 91.8 Å². The van der Waals surface area contributed by atoms with Gasteiger partial charge in [0.15, 0.2) is 0 Å². The molecule has 0 unspecified atom stereocenters. The van der Waals surface area contributed by atoms with Crippen LogP contribution in [-0.2, 0) is 26.0 Å². The van der Waals surface area contributed by atoms with E-state index in [1.165, 1.54) is 9.87 Å². The molecule has 32 heavy (non-hydrogen) atoms. The number of piperidine rings is 1. The maximum absolute atomic E-state index is 13.2. The zero-order valence-electron chi connectivity index (χ0n) is 18.4. The van der Waals surface area contributed by atoms with Crippen LogP contribution in [0.15, 0.2) is 47.5 Å². The Balaban J connectivity index is 1.41. The number of nitrogens with zero attached hydrogens (tertiary/aromatic N) is 3. The minimum atomic E-state index is -3.65. The number of rotatable bonds is 6. The van der Waals surface area contributed by atoms with Crippen LogP contribution in [-0.4, -0.2) is 63.0 Å². The van der Waals surface area contributed by atoms with Crippen molar-refractivity contribution in [1.82, 2.24) is 9.29 Å². The molecule has 2 saturated heterocycles. The molecule has 1 aromatic carbocycles. The van der Waals surface area contributed by atoms with Gasteiger partial charge in [-0.1, -0.05) is 19.1 Å². The molecule has 0 saturated carbocycles. The summed E-state index contributed by atoms with van der Waals surface area (Å²) in [5.74, 6) is 0.365. The second-order valence-corrected chi connectivity index (χ2v) is 10.0. The quantitative estimate of drug-likeness (QED) is 0.715. The van der Waals surface area contributed by atoms with Gasteiger partial charge in [0.05, 0.1) is 13.2 Å². The second-order valence-electron chi connectivity index (χ2n) is 8.14. The lowest BCUT2D eigenvalue weighted by Crippen LogP contribution is -2.42. The Kier molecular flexibility index (Phi) is 7.07. The molecule has 0 radical (unpaired) electrons. The Morgan fingerprint density at radius 3 is 2.44 bits per heavy atom. The van der Waals surface area contributed by atoms with Crippen molar-refractivity contribution in [3.63, 3.8) is 0 Å². The van der Waals surface area contributed by atoms with Crippen molar-refractivity contribution in [2.45, 2.75) is 31.1 Å². The molecular weight excluding hydrogens is 428 g/mol. The van der Waals surface area contributed by atoms with E-state index in [-0.39, 0.29) is 16.7 Å². The first-order chi connectivity index (χ1) is 15.5. The number of aromatic nitrogens is 1. The molecule has 1 amide bonds. The van der Waals surface area contributed by atoms with Crippen molar-refractivity contribution in [2.75, 3.05) is 49.6 Å². The lowest BCUT2D eigenvalue weighted by molar-refractivity contribution is -0.120. The predicted octanol–water partition coefficient (Wildman–Crippen LogP) is 2.52. The van der Waals surface area contributed by atoms with Gasteiger partial charge in [0.2, 0.25) is 15.9 Å². The molecule has 1 N–H and O–H groups in total. The number of pyridine rings is 1. The predicted molar refractivity (Wildman–Crippen MR) is 123 cm³/mol. The highest BCUT2D eigenvalue weighted by atomic mass is 32.2. The molecule has 2 aromatic rings. The van der Waals surface area contributed by atoms with E-state index in [0.717, 1.165) is 12.1 Å². The lowest BCUT2D eigenvalue weighted by Gasteiger charge is -2.34. The van der Waals surface area contributed by atoms with Crippen LogP contribution in [0, 0.1) is 5.92 Å². The molecule has 2 aliphatic rings. The second kappa shape index (κ2) is 9.97. The molecule has 2 fully saturated rings. The number of benzene rings is 1. The molecule has 0 bridgehead atoms. The van der Waals surface area contributed by atoms with Crippen LogP contribution in [0.2, 0.25) is 0 Å². The summed E-state index contributed by atoms with van der Waals surface area (Å²) >= 11 is 0. The van der Waals surface area contributed by atoms with Crippen LogP contribution in [0.1, 0.15) is 25.3 Å². The largest absolute Gasteiger partial charge is 0.379 e. The summed E-state index contributed by atoms with van der Waals surface area (Å²) in [6, 6.07) is 11.2. The Morgan fingerprint density at radius 2 is 1.78 bits per heavy atom. The van der Waals surface area contributed by atoms with Crippen molar-refractivity contribution in [1.29, 1.82) is 0 Å². The third-order valence-electron chi connectivity index (χ3n) is 6.13. The number of morpholine rings is 1. The molecule has 172 valence electrons. The zero-order valence-corrected chi connectivity index (χ0v) is 19.2. The van der Waals surface area contributed by atoms with Crippen LogP contribution < -0.4 is 10.2 Å². The molecule has 9 heteroatoms. The average Bonchev–Trinajstić information content (AvgIpc) is 2.85. The highest BCUT2D eigenvalue weighted by Gasteiger charge is 2.33. The monoisotopic (exact) mass is 458 g/mol. The van der Waals surface area contributed by atoms with E-state index >= 15 is 0 Å². The fourth-order valence-electron chi connectivity index (χ4n) is 4.17. The molecule has 0 spiro atoms. The summed E-state index contributed by atoms with van der Waals surface area (Å²) in [6.07, 6.45) is 3.87. The van der Waals surface area contributed by atoms with Gasteiger partial charge < -0.3 is 15.0 Å². The number of carbonyl (C=O) groups excluding carboxylic acids is 1. The van der Waals surface area contributed by atoms with Gasteiger partial charge in [-0.05, 0) is 49.1 Å². The number of nitrogens with one attached hydrogen (secondary N) is 1. The standard InChI is InChI=1S/C23H30N4O4S/c1-2-18-5-7-20(8-6-18)25-23(28)19-9-12-26(13-10-19)22-21(4-3-11-24-22)32(29,30)27-14-16-31-17-15-27/h3-8,11,19H,2,9-10,12-17H2,1H3,(H,25,28). The van der Waals surface area contributed by atoms with Crippen molar-refractivity contribution in [2.24, 2.45) is 5.92 Å². The van der Waals surface area contributed by atoms with Crippen molar-refractivity contribution in [3.8, 4) is 0 Å². The molecule has 1 aromatic heterocycles. The summed E-state index contributed by atoms with van der Waals surface area (Å²) in [5.41, 5.74) is 2.03.